The van der Waals surface area contributed by atoms with E-state index in [0.717, 1.165) is 23.0 Å². The highest BCUT2D eigenvalue weighted by atomic mass is 19.1. The molecule has 0 radical (unpaired) electrons. The van der Waals surface area contributed by atoms with Gasteiger partial charge in [-0.15, -0.1) is 0 Å². The van der Waals surface area contributed by atoms with Gasteiger partial charge in [0.25, 0.3) is 0 Å². The molecule has 0 aliphatic heterocycles. The lowest BCUT2D eigenvalue weighted by Gasteiger charge is -2.10. The number of carbonyl (C=O) groups is 1. The number of halogens is 1. The number of benzene rings is 2. The van der Waals surface area contributed by atoms with E-state index in [1.54, 1.807) is 25.1 Å². The van der Waals surface area contributed by atoms with Gasteiger partial charge >= 0.3 is 0 Å². The van der Waals surface area contributed by atoms with Gasteiger partial charge in [0.2, 0.25) is 0 Å². The summed E-state index contributed by atoms with van der Waals surface area (Å²) in [6, 6.07) is 10.4. The first-order chi connectivity index (χ1) is 8.13. The van der Waals surface area contributed by atoms with Crippen LogP contribution < -0.4 is 0 Å². The lowest BCUT2D eigenvalue weighted by molar-refractivity contribution is 0.112. The van der Waals surface area contributed by atoms with Crippen molar-refractivity contribution < 1.29 is 9.18 Å². The van der Waals surface area contributed by atoms with Crippen molar-refractivity contribution in [2.45, 2.75) is 13.8 Å². The highest BCUT2D eigenvalue weighted by Crippen LogP contribution is 2.28. The Morgan fingerprint density at radius 3 is 2.53 bits per heavy atom. The third-order valence-corrected chi connectivity index (χ3v) is 2.96. The summed E-state index contributed by atoms with van der Waals surface area (Å²) in [7, 11) is 0. The maximum absolute atomic E-state index is 13.5. The molecule has 0 atom stereocenters. The molecule has 0 heterocycles. The van der Waals surface area contributed by atoms with E-state index in [2.05, 4.69) is 0 Å². The van der Waals surface area contributed by atoms with Gasteiger partial charge in [-0.05, 0) is 48.2 Å². The number of carbonyl (C=O) groups excluding carboxylic acids is 1. The molecule has 0 aliphatic rings. The third-order valence-electron chi connectivity index (χ3n) is 2.96. The quantitative estimate of drug-likeness (QED) is 0.712. The van der Waals surface area contributed by atoms with Crippen molar-refractivity contribution in [1.82, 2.24) is 0 Å². The van der Waals surface area contributed by atoms with Gasteiger partial charge in [-0.1, -0.05) is 24.3 Å². The summed E-state index contributed by atoms with van der Waals surface area (Å²) in [5, 5.41) is 0. The van der Waals surface area contributed by atoms with E-state index in [1.807, 2.05) is 19.1 Å². The van der Waals surface area contributed by atoms with Crippen molar-refractivity contribution in [1.29, 1.82) is 0 Å². The lowest BCUT2D eigenvalue weighted by atomic mass is 9.95. The molecule has 0 aliphatic carbocycles. The van der Waals surface area contributed by atoms with Gasteiger partial charge in [0.15, 0.2) is 0 Å². The minimum Gasteiger partial charge on any atom is -0.298 e. The molecule has 0 unspecified atom stereocenters. The molecule has 86 valence electrons. The van der Waals surface area contributed by atoms with Crippen LogP contribution in [0.3, 0.4) is 0 Å². The van der Waals surface area contributed by atoms with Crippen molar-refractivity contribution >= 4 is 6.29 Å². The SMILES string of the molecule is Cc1ccc(C=O)cc1-c1cccc(F)c1C. The summed E-state index contributed by atoms with van der Waals surface area (Å²) < 4.78 is 13.5. The van der Waals surface area contributed by atoms with E-state index in [4.69, 9.17) is 0 Å². The molecule has 0 amide bonds. The Balaban J connectivity index is 2.67. The van der Waals surface area contributed by atoms with Gasteiger partial charge < -0.3 is 0 Å². The molecule has 2 rings (SSSR count). The number of rotatable bonds is 2. The Hall–Kier alpha value is -1.96. The average molecular weight is 228 g/mol. The zero-order valence-corrected chi connectivity index (χ0v) is 9.83. The summed E-state index contributed by atoms with van der Waals surface area (Å²) in [6.07, 6.45) is 0.803. The predicted molar refractivity (Wildman–Crippen MR) is 66.7 cm³/mol. The van der Waals surface area contributed by atoms with Crippen LogP contribution in [0.15, 0.2) is 36.4 Å². The van der Waals surface area contributed by atoms with Gasteiger partial charge in [0.05, 0.1) is 0 Å². The fourth-order valence-corrected chi connectivity index (χ4v) is 1.90. The van der Waals surface area contributed by atoms with Gasteiger partial charge in [-0.25, -0.2) is 4.39 Å². The molecular formula is C15H13FO. The minimum absolute atomic E-state index is 0.224. The minimum atomic E-state index is -0.224. The Kier molecular flexibility index (Phi) is 3.05. The molecule has 17 heavy (non-hydrogen) atoms. The van der Waals surface area contributed by atoms with Crippen LogP contribution in [-0.4, -0.2) is 6.29 Å². The molecular weight excluding hydrogens is 215 g/mol. The highest BCUT2D eigenvalue weighted by molar-refractivity contribution is 5.81. The van der Waals surface area contributed by atoms with Crippen LogP contribution in [0.1, 0.15) is 21.5 Å². The van der Waals surface area contributed by atoms with Crippen LogP contribution in [0.5, 0.6) is 0 Å². The van der Waals surface area contributed by atoms with Gasteiger partial charge in [0.1, 0.15) is 12.1 Å². The van der Waals surface area contributed by atoms with Crippen LogP contribution in [0.25, 0.3) is 11.1 Å². The van der Waals surface area contributed by atoms with Crippen LogP contribution in [0.2, 0.25) is 0 Å². The maximum atomic E-state index is 13.5. The third kappa shape index (κ3) is 2.11. The molecule has 0 spiro atoms. The van der Waals surface area contributed by atoms with Crippen molar-refractivity contribution in [3.8, 4) is 11.1 Å². The molecule has 0 saturated carbocycles. The van der Waals surface area contributed by atoms with Crippen molar-refractivity contribution in [3.63, 3.8) is 0 Å². The summed E-state index contributed by atoms with van der Waals surface area (Å²) in [5.41, 5.74) is 4.00. The van der Waals surface area contributed by atoms with Crippen LogP contribution >= 0.6 is 0 Å². The summed E-state index contributed by atoms with van der Waals surface area (Å²) in [4.78, 5) is 10.8. The fraction of sp³-hybridized carbons (Fsp3) is 0.133. The Morgan fingerprint density at radius 1 is 1.06 bits per heavy atom. The van der Waals surface area contributed by atoms with E-state index < -0.39 is 0 Å². The second-order valence-corrected chi connectivity index (χ2v) is 4.10. The fourth-order valence-electron chi connectivity index (χ4n) is 1.90. The topological polar surface area (TPSA) is 17.1 Å². The Morgan fingerprint density at radius 2 is 1.82 bits per heavy atom. The highest BCUT2D eigenvalue weighted by Gasteiger charge is 2.08. The molecule has 2 aromatic carbocycles. The molecule has 0 aromatic heterocycles. The second-order valence-electron chi connectivity index (χ2n) is 4.10. The maximum Gasteiger partial charge on any atom is 0.150 e. The first-order valence-electron chi connectivity index (χ1n) is 5.45. The van der Waals surface area contributed by atoms with E-state index in [0.29, 0.717) is 11.1 Å². The van der Waals surface area contributed by atoms with E-state index in [1.165, 1.54) is 6.07 Å². The molecule has 1 nitrogen and oxygen atoms in total. The summed E-state index contributed by atoms with van der Waals surface area (Å²) in [5.74, 6) is -0.224. The Bertz CT molecular complexity index is 573. The summed E-state index contributed by atoms with van der Waals surface area (Å²) >= 11 is 0. The van der Waals surface area contributed by atoms with Crippen molar-refractivity contribution in [3.05, 3.63) is 58.9 Å². The molecule has 2 heteroatoms. The largest absolute Gasteiger partial charge is 0.298 e. The summed E-state index contributed by atoms with van der Waals surface area (Å²) in [6.45, 7) is 3.70. The van der Waals surface area contributed by atoms with Gasteiger partial charge in [0, 0.05) is 5.56 Å². The molecule has 2 aromatic rings. The average Bonchev–Trinajstić information content (AvgIpc) is 2.34. The number of hydrogen-bond acceptors (Lipinski definition) is 1. The number of aldehydes is 1. The zero-order valence-electron chi connectivity index (χ0n) is 9.83. The lowest BCUT2D eigenvalue weighted by Crippen LogP contribution is -1.92. The van der Waals surface area contributed by atoms with Crippen LogP contribution in [0.4, 0.5) is 4.39 Å². The van der Waals surface area contributed by atoms with Gasteiger partial charge in [-0.2, -0.15) is 0 Å². The van der Waals surface area contributed by atoms with Crippen molar-refractivity contribution in [2.75, 3.05) is 0 Å². The van der Waals surface area contributed by atoms with Gasteiger partial charge in [-0.3, -0.25) is 4.79 Å². The van der Waals surface area contributed by atoms with Crippen molar-refractivity contribution in [2.24, 2.45) is 0 Å². The predicted octanol–water partition coefficient (Wildman–Crippen LogP) is 3.92. The molecule has 0 bridgehead atoms. The normalized spacial score (nSPS) is 10.3. The zero-order chi connectivity index (χ0) is 12.4. The smallest absolute Gasteiger partial charge is 0.150 e. The number of hydrogen-bond donors (Lipinski definition) is 0. The van der Waals surface area contributed by atoms with Crippen LogP contribution in [0, 0.1) is 19.7 Å². The van der Waals surface area contributed by atoms with E-state index in [9.17, 15) is 9.18 Å². The first kappa shape index (κ1) is 11.5. The standard InChI is InChI=1S/C15H13FO/c1-10-6-7-12(9-17)8-14(10)13-4-3-5-15(16)11(13)2/h3-9H,1-2H3. The Labute approximate surface area is 99.9 Å². The van der Waals surface area contributed by atoms with E-state index in [-0.39, 0.29) is 5.82 Å². The molecule has 0 saturated heterocycles. The van der Waals surface area contributed by atoms with Crippen LogP contribution in [-0.2, 0) is 0 Å². The monoisotopic (exact) mass is 228 g/mol. The molecule has 0 fully saturated rings. The number of aryl methyl sites for hydroxylation is 1. The second kappa shape index (κ2) is 4.50. The molecule has 0 N–H and O–H groups in total. The first-order valence-corrected chi connectivity index (χ1v) is 5.45. The van der Waals surface area contributed by atoms with E-state index >= 15 is 0 Å².